The third kappa shape index (κ3) is 2.80. The summed E-state index contributed by atoms with van der Waals surface area (Å²) in [4.78, 5) is 11.7. The molecular weight excluding hydrogens is 290 g/mol. The van der Waals surface area contributed by atoms with E-state index in [0.29, 0.717) is 12.2 Å². The topological polar surface area (TPSA) is 101 Å². The molecule has 0 amide bonds. The molecule has 6 nitrogen and oxygen atoms in total. The highest BCUT2D eigenvalue weighted by Crippen LogP contribution is 2.40. The lowest BCUT2D eigenvalue weighted by Crippen LogP contribution is -2.33. The van der Waals surface area contributed by atoms with Crippen LogP contribution in [0, 0.1) is 18.3 Å². The normalized spacial score (nSPS) is 20.2. The van der Waals surface area contributed by atoms with Crippen LogP contribution < -0.4 is 5.73 Å². The number of rotatable bonds is 2. The van der Waals surface area contributed by atoms with Crippen LogP contribution in [0.2, 0.25) is 0 Å². The number of anilines is 1. The molecule has 3 N–H and O–H groups in total. The van der Waals surface area contributed by atoms with E-state index < -0.39 is 0 Å². The van der Waals surface area contributed by atoms with E-state index >= 15 is 0 Å². The maximum atomic E-state index is 9.48. The fourth-order valence-electron chi connectivity index (χ4n) is 3.42. The number of nitrogens with two attached hydrogens (primary N) is 1. The molecule has 0 aromatic carbocycles. The molecule has 0 aliphatic carbocycles. The van der Waals surface area contributed by atoms with E-state index in [1.165, 1.54) is 0 Å². The van der Waals surface area contributed by atoms with Gasteiger partial charge in [0.05, 0.1) is 23.8 Å². The molecule has 6 heteroatoms. The van der Waals surface area contributed by atoms with Crippen LogP contribution in [0.25, 0.3) is 11.3 Å². The van der Waals surface area contributed by atoms with Gasteiger partial charge in [0.15, 0.2) is 0 Å². The molecule has 2 aromatic heterocycles. The van der Waals surface area contributed by atoms with Gasteiger partial charge < -0.3 is 15.5 Å². The number of pyridine rings is 1. The molecule has 3 rings (SSSR count). The van der Waals surface area contributed by atoms with Gasteiger partial charge in [-0.1, -0.05) is 0 Å². The zero-order valence-electron chi connectivity index (χ0n) is 13.7. The Labute approximate surface area is 135 Å². The SMILES string of the molecule is Cc1c(C2CCOC(C)(C)C2)nc(N)c(C#N)c1-c1cnc[nH]1. The summed E-state index contributed by atoms with van der Waals surface area (Å²) in [6, 6.07) is 2.18. The molecule has 0 saturated carbocycles. The zero-order valence-corrected chi connectivity index (χ0v) is 13.7. The fraction of sp³-hybridized carbons (Fsp3) is 0.471. The van der Waals surface area contributed by atoms with E-state index in [2.05, 4.69) is 34.9 Å². The van der Waals surface area contributed by atoms with Crippen LogP contribution in [0.1, 0.15) is 49.4 Å². The molecular formula is C17H21N5O. The summed E-state index contributed by atoms with van der Waals surface area (Å²) in [5.74, 6) is 0.553. The number of H-pyrrole nitrogens is 1. The third-order valence-corrected chi connectivity index (χ3v) is 4.47. The summed E-state index contributed by atoms with van der Waals surface area (Å²) in [5.41, 5.74) is 9.86. The molecule has 120 valence electrons. The lowest BCUT2D eigenvalue weighted by Gasteiger charge is -2.36. The van der Waals surface area contributed by atoms with E-state index in [0.717, 1.165) is 35.4 Å². The number of hydrogen-bond acceptors (Lipinski definition) is 5. The van der Waals surface area contributed by atoms with Gasteiger partial charge in [0.1, 0.15) is 17.5 Å². The van der Waals surface area contributed by atoms with Gasteiger partial charge in [0.25, 0.3) is 0 Å². The number of nitrogens with zero attached hydrogens (tertiary/aromatic N) is 3. The highest BCUT2D eigenvalue weighted by Gasteiger charge is 2.32. The van der Waals surface area contributed by atoms with Gasteiger partial charge in [0.2, 0.25) is 0 Å². The smallest absolute Gasteiger partial charge is 0.142 e. The van der Waals surface area contributed by atoms with Crippen molar-refractivity contribution in [3.63, 3.8) is 0 Å². The van der Waals surface area contributed by atoms with Crippen molar-refractivity contribution in [2.45, 2.75) is 45.1 Å². The predicted octanol–water partition coefficient (Wildman–Crippen LogP) is 2.91. The Morgan fingerprint density at radius 2 is 2.26 bits per heavy atom. The first kappa shape index (κ1) is 15.5. The molecule has 0 radical (unpaired) electrons. The average molecular weight is 311 g/mol. The third-order valence-electron chi connectivity index (χ3n) is 4.47. The van der Waals surface area contributed by atoms with Crippen molar-refractivity contribution in [2.75, 3.05) is 12.3 Å². The molecule has 0 spiro atoms. The second-order valence-electron chi connectivity index (χ2n) is 6.63. The lowest BCUT2D eigenvalue weighted by atomic mass is 9.83. The first-order valence-corrected chi connectivity index (χ1v) is 7.75. The van der Waals surface area contributed by atoms with Gasteiger partial charge in [-0.3, -0.25) is 0 Å². The number of aromatic nitrogens is 3. The van der Waals surface area contributed by atoms with Gasteiger partial charge in [-0.15, -0.1) is 0 Å². The summed E-state index contributed by atoms with van der Waals surface area (Å²) in [5, 5.41) is 9.48. The maximum Gasteiger partial charge on any atom is 0.142 e. The van der Waals surface area contributed by atoms with Crippen LogP contribution >= 0.6 is 0 Å². The number of ether oxygens (including phenoxy) is 1. The summed E-state index contributed by atoms with van der Waals surface area (Å²) in [6.45, 7) is 6.90. The largest absolute Gasteiger partial charge is 0.383 e. The molecule has 23 heavy (non-hydrogen) atoms. The van der Waals surface area contributed by atoms with Gasteiger partial charge in [0, 0.05) is 23.8 Å². The molecule has 0 bridgehead atoms. The number of nitrogen functional groups attached to an aromatic ring is 1. The Bertz CT molecular complexity index is 758. The highest BCUT2D eigenvalue weighted by atomic mass is 16.5. The molecule has 1 aliphatic heterocycles. The molecule has 2 aromatic rings. The summed E-state index contributed by atoms with van der Waals surface area (Å²) in [6.07, 6.45) is 5.10. The van der Waals surface area contributed by atoms with E-state index in [1.807, 2.05) is 6.92 Å². The van der Waals surface area contributed by atoms with Gasteiger partial charge >= 0.3 is 0 Å². The van der Waals surface area contributed by atoms with Crippen LogP contribution in [0.4, 0.5) is 5.82 Å². The molecule has 3 heterocycles. The monoisotopic (exact) mass is 311 g/mol. The second-order valence-corrected chi connectivity index (χ2v) is 6.63. The number of imidazole rings is 1. The Balaban J connectivity index is 2.15. The molecule has 1 unspecified atom stereocenters. The first-order valence-electron chi connectivity index (χ1n) is 7.75. The van der Waals surface area contributed by atoms with E-state index in [1.54, 1.807) is 12.5 Å². The van der Waals surface area contributed by atoms with E-state index in [-0.39, 0.29) is 17.3 Å². The van der Waals surface area contributed by atoms with Crippen molar-refractivity contribution in [2.24, 2.45) is 0 Å². The van der Waals surface area contributed by atoms with Crippen molar-refractivity contribution < 1.29 is 4.74 Å². The van der Waals surface area contributed by atoms with Gasteiger partial charge in [-0.05, 0) is 39.2 Å². The number of nitriles is 1. The van der Waals surface area contributed by atoms with Crippen LogP contribution in [0.5, 0.6) is 0 Å². The minimum Gasteiger partial charge on any atom is -0.383 e. The number of nitrogens with one attached hydrogen (secondary N) is 1. The standard InChI is InChI=1S/C17H21N5O/c1-10-14(13-8-20-9-21-13)12(7-18)16(19)22-15(10)11-4-5-23-17(2,3)6-11/h8-9,11H,4-6H2,1-3H3,(H2,19,22)(H,20,21). The number of aromatic amines is 1. The van der Waals surface area contributed by atoms with Crippen LogP contribution in [-0.2, 0) is 4.74 Å². The van der Waals surface area contributed by atoms with Crippen molar-refractivity contribution >= 4 is 5.82 Å². The van der Waals surface area contributed by atoms with Crippen molar-refractivity contribution in [1.82, 2.24) is 15.0 Å². The van der Waals surface area contributed by atoms with Gasteiger partial charge in [-0.2, -0.15) is 5.26 Å². The second kappa shape index (κ2) is 5.67. The quantitative estimate of drug-likeness (QED) is 0.888. The summed E-state index contributed by atoms with van der Waals surface area (Å²) < 4.78 is 5.81. The Morgan fingerprint density at radius 1 is 1.48 bits per heavy atom. The number of hydrogen-bond donors (Lipinski definition) is 2. The summed E-state index contributed by atoms with van der Waals surface area (Å²) in [7, 11) is 0. The molecule has 1 aliphatic rings. The average Bonchev–Trinajstić information content (AvgIpc) is 3.01. The lowest BCUT2D eigenvalue weighted by molar-refractivity contribution is -0.0598. The Morgan fingerprint density at radius 3 is 2.87 bits per heavy atom. The van der Waals surface area contributed by atoms with Crippen molar-refractivity contribution in [3.05, 3.63) is 29.3 Å². The van der Waals surface area contributed by atoms with Crippen LogP contribution in [0.3, 0.4) is 0 Å². The zero-order chi connectivity index (χ0) is 16.6. The Hall–Kier alpha value is -2.39. The molecule has 1 fully saturated rings. The fourth-order valence-corrected chi connectivity index (χ4v) is 3.42. The van der Waals surface area contributed by atoms with E-state index in [4.69, 9.17) is 10.5 Å². The van der Waals surface area contributed by atoms with Crippen LogP contribution in [0.15, 0.2) is 12.5 Å². The van der Waals surface area contributed by atoms with Crippen molar-refractivity contribution in [1.29, 1.82) is 5.26 Å². The van der Waals surface area contributed by atoms with Crippen molar-refractivity contribution in [3.8, 4) is 17.3 Å². The van der Waals surface area contributed by atoms with Gasteiger partial charge in [-0.25, -0.2) is 9.97 Å². The predicted molar refractivity (Wildman–Crippen MR) is 87.7 cm³/mol. The molecule has 1 atom stereocenters. The minimum absolute atomic E-state index is 0.173. The van der Waals surface area contributed by atoms with E-state index in [9.17, 15) is 5.26 Å². The highest BCUT2D eigenvalue weighted by molar-refractivity contribution is 5.76. The summed E-state index contributed by atoms with van der Waals surface area (Å²) >= 11 is 0. The maximum absolute atomic E-state index is 9.48. The Kier molecular flexibility index (Phi) is 3.82. The molecule has 1 saturated heterocycles. The van der Waals surface area contributed by atoms with Crippen LogP contribution in [-0.4, -0.2) is 27.2 Å². The minimum atomic E-state index is -0.173. The first-order chi connectivity index (χ1) is 10.9.